The minimum absolute atomic E-state index is 0.141. The van der Waals surface area contributed by atoms with Crippen LogP contribution in [0.1, 0.15) is 11.1 Å². The molecule has 6 nitrogen and oxygen atoms in total. The van der Waals surface area contributed by atoms with E-state index in [0.717, 1.165) is 6.21 Å². The number of rotatable bonds is 8. The number of hydrogen-bond acceptors (Lipinski definition) is 5. The second-order valence-electron chi connectivity index (χ2n) is 6.83. The quantitative estimate of drug-likeness (QED) is 0.223. The largest absolute Gasteiger partial charge is 0.311 e. The van der Waals surface area contributed by atoms with Crippen LogP contribution in [-0.4, -0.2) is 6.21 Å². The fourth-order valence-corrected chi connectivity index (χ4v) is 3.20. The van der Waals surface area contributed by atoms with Crippen LogP contribution in [0.2, 0.25) is 0 Å². The maximum atomic E-state index is 9.71. The second kappa shape index (κ2) is 13.6. The van der Waals surface area contributed by atoms with Crippen LogP contribution >= 0.6 is 0 Å². The molecule has 1 atom stereocenters. The molecule has 2 rings (SSSR count). The summed E-state index contributed by atoms with van der Waals surface area (Å²) in [5.74, 6) is -0.887. The molecule has 0 spiro atoms. The third-order valence-electron chi connectivity index (χ3n) is 4.77. The highest BCUT2D eigenvalue weighted by atomic mass is 14.7. The molecule has 0 fully saturated rings. The van der Waals surface area contributed by atoms with E-state index in [1.165, 1.54) is 12.2 Å². The first-order valence-electron chi connectivity index (χ1n) is 10.3. The van der Waals surface area contributed by atoms with Crippen LogP contribution in [0.25, 0.3) is 16.0 Å². The van der Waals surface area contributed by atoms with E-state index in [9.17, 15) is 21.0 Å². The maximum absolute atomic E-state index is 9.71. The number of nitrogens with zero attached hydrogens (tertiary/aromatic N) is 5. The Labute approximate surface area is 204 Å². The Balaban J connectivity index is 2.48. The van der Waals surface area contributed by atoms with Crippen molar-refractivity contribution in [2.45, 2.75) is 0 Å². The molecule has 0 bridgehead atoms. The molecule has 2 aromatic rings. The third-order valence-corrected chi connectivity index (χ3v) is 4.77. The number of nitrogens with one attached hydrogen (secondary N) is 1. The Hall–Kier alpha value is -5.74. The van der Waals surface area contributed by atoms with Crippen LogP contribution in [0.3, 0.4) is 0 Å². The van der Waals surface area contributed by atoms with Crippen molar-refractivity contribution >= 4 is 17.4 Å². The van der Waals surface area contributed by atoms with E-state index >= 15 is 0 Å². The van der Waals surface area contributed by atoms with Crippen molar-refractivity contribution in [2.24, 2.45) is 5.92 Å². The number of hydrogen-bond donors (Lipinski definition) is 1. The van der Waals surface area contributed by atoms with Gasteiger partial charge in [-0.25, -0.2) is 10.1 Å². The fourth-order valence-electron chi connectivity index (χ4n) is 3.20. The van der Waals surface area contributed by atoms with E-state index in [1.807, 2.05) is 24.3 Å². The topological polar surface area (TPSA) is 123 Å². The van der Waals surface area contributed by atoms with Crippen LogP contribution in [0.4, 0.5) is 0 Å². The molecular weight excluding hydrogens is 432 g/mol. The number of benzene rings is 2. The predicted molar refractivity (Wildman–Crippen MR) is 134 cm³/mol. The second-order valence-corrected chi connectivity index (χ2v) is 6.83. The molecule has 35 heavy (non-hydrogen) atoms. The Morgan fingerprint density at radius 1 is 0.829 bits per heavy atom. The zero-order valence-electron chi connectivity index (χ0n) is 18.6. The van der Waals surface area contributed by atoms with E-state index in [2.05, 4.69) is 10.9 Å². The van der Waals surface area contributed by atoms with Gasteiger partial charge in [-0.1, -0.05) is 78.9 Å². The highest BCUT2D eigenvalue weighted by Crippen LogP contribution is 2.28. The molecule has 0 heterocycles. The molecule has 0 radical (unpaired) electrons. The van der Waals surface area contributed by atoms with Gasteiger partial charge in [0.1, 0.15) is 5.92 Å². The Kier molecular flexibility index (Phi) is 9.93. The highest BCUT2D eigenvalue weighted by molar-refractivity contribution is 5.89. The summed E-state index contributed by atoms with van der Waals surface area (Å²) >= 11 is 0. The lowest BCUT2D eigenvalue weighted by Crippen LogP contribution is -2.04. The summed E-state index contributed by atoms with van der Waals surface area (Å²) in [5, 5.41) is 45.8. The molecule has 0 saturated heterocycles. The molecule has 2 aromatic carbocycles. The molecule has 0 aliphatic heterocycles. The average Bonchev–Trinajstić information content (AvgIpc) is 2.92. The van der Waals surface area contributed by atoms with Gasteiger partial charge in [-0.3, -0.25) is 0 Å². The van der Waals surface area contributed by atoms with Gasteiger partial charge < -0.3 is 5.41 Å². The Morgan fingerprint density at radius 2 is 1.46 bits per heavy atom. The molecule has 0 saturated carbocycles. The predicted octanol–water partition coefficient (Wildman–Crippen LogP) is 6.17. The van der Waals surface area contributed by atoms with Crippen LogP contribution in [0, 0.1) is 63.2 Å². The van der Waals surface area contributed by atoms with Crippen molar-refractivity contribution in [1.29, 1.82) is 26.5 Å². The minimum atomic E-state index is -0.887. The van der Waals surface area contributed by atoms with Crippen LogP contribution in [0.15, 0.2) is 108 Å². The Bertz CT molecular complexity index is 1420. The summed E-state index contributed by atoms with van der Waals surface area (Å²) in [6.07, 6.45) is 8.74. The lowest BCUT2D eigenvalue weighted by molar-refractivity contribution is 1.17. The average molecular weight is 451 g/mol. The highest BCUT2D eigenvalue weighted by Gasteiger charge is 2.17. The van der Waals surface area contributed by atoms with Gasteiger partial charge in [-0.2, -0.15) is 15.8 Å². The fraction of sp³-hybridized carbons (Fsp3) is 0.0345. The molecule has 0 amide bonds. The molecule has 1 unspecified atom stereocenters. The summed E-state index contributed by atoms with van der Waals surface area (Å²) in [5.41, 5.74) is 2.09. The van der Waals surface area contributed by atoms with Gasteiger partial charge >= 0.3 is 0 Å². The van der Waals surface area contributed by atoms with E-state index < -0.39 is 5.92 Å². The molecule has 164 valence electrons. The van der Waals surface area contributed by atoms with Crippen molar-refractivity contribution in [1.82, 2.24) is 0 Å². The van der Waals surface area contributed by atoms with Gasteiger partial charge in [0.2, 0.25) is 0 Å². The smallest absolute Gasteiger partial charge is 0.270 e. The van der Waals surface area contributed by atoms with Crippen molar-refractivity contribution < 1.29 is 0 Å². The summed E-state index contributed by atoms with van der Waals surface area (Å²) in [6.45, 7) is 7.30. The van der Waals surface area contributed by atoms with Gasteiger partial charge in [0.05, 0.1) is 42.0 Å². The van der Waals surface area contributed by atoms with Crippen LogP contribution in [-0.2, 0) is 0 Å². The van der Waals surface area contributed by atoms with Gasteiger partial charge in [-0.05, 0) is 28.9 Å². The van der Waals surface area contributed by atoms with E-state index in [4.69, 9.17) is 12.0 Å². The minimum Gasteiger partial charge on any atom is -0.311 e. The zero-order valence-corrected chi connectivity index (χ0v) is 18.6. The molecule has 6 heteroatoms. The van der Waals surface area contributed by atoms with Crippen LogP contribution < -0.4 is 0 Å². The van der Waals surface area contributed by atoms with E-state index in [1.54, 1.807) is 72.8 Å². The zero-order chi connectivity index (χ0) is 25.5. The monoisotopic (exact) mass is 450 g/mol. The molecule has 0 aliphatic carbocycles. The lowest BCUT2D eigenvalue weighted by Gasteiger charge is -2.11. The third kappa shape index (κ3) is 6.62. The lowest BCUT2D eigenvalue weighted by atomic mass is 9.90. The first-order chi connectivity index (χ1) is 17.1. The summed E-state index contributed by atoms with van der Waals surface area (Å²) < 4.78 is 0. The van der Waals surface area contributed by atoms with Gasteiger partial charge in [0.15, 0.2) is 0 Å². The van der Waals surface area contributed by atoms with Gasteiger partial charge in [0.25, 0.3) is 5.70 Å². The molecule has 0 aliphatic rings. The van der Waals surface area contributed by atoms with Crippen molar-refractivity contribution in [3.8, 4) is 24.3 Å². The maximum Gasteiger partial charge on any atom is 0.270 e. The van der Waals surface area contributed by atoms with Crippen molar-refractivity contribution in [2.75, 3.05) is 0 Å². The van der Waals surface area contributed by atoms with E-state index in [-0.39, 0.29) is 22.4 Å². The standard InChI is InChI=1S/C29H18N6/c1-35-27(21-34)29(23-13-7-3-8-14-23)25(18-31)16-10-4-9-15-24(17-30)28(26(19-32)20-33)22-11-5-2-6-12-22/h2-16,19,26,32H/b10-4+,15-9+,25-16+,28-24-,29-27-,32-19?. The molecule has 0 aromatic heterocycles. The summed E-state index contributed by atoms with van der Waals surface area (Å²) in [7, 11) is 0. The molecular formula is C29H18N6. The van der Waals surface area contributed by atoms with Crippen molar-refractivity contribution in [3.63, 3.8) is 0 Å². The van der Waals surface area contributed by atoms with Gasteiger partial charge in [-0.15, -0.1) is 0 Å². The number of allylic oxidation sites excluding steroid dienone is 10. The van der Waals surface area contributed by atoms with Gasteiger partial charge in [0, 0.05) is 11.8 Å². The Morgan fingerprint density at radius 3 is 1.94 bits per heavy atom. The SMILES string of the molecule is [C-]#[N+]\C(C#N)=C(/C(C#N)=C/C=C/C=C/C(C#N)=C(\c1ccccc1)C(C#N)C=N)c1ccccc1. The van der Waals surface area contributed by atoms with E-state index in [0.29, 0.717) is 16.7 Å². The number of nitriles is 4. The normalized spacial score (nSPS) is 13.3. The summed E-state index contributed by atoms with van der Waals surface area (Å²) in [6, 6.07) is 25.7. The summed E-state index contributed by atoms with van der Waals surface area (Å²) in [4.78, 5) is 3.26. The first kappa shape index (κ1) is 25.5. The molecule has 1 N–H and O–H groups in total. The first-order valence-corrected chi connectivity index (χ1v) is 10.3. The van der Waals surface area contributed by atoms with Crippen LogP contribution in [0.5, 0.6) is 0 Å². The van der Waals surface area contributed by atoms with Crippen molar-refractivity contribution in [3.05, 3.63) is 130 Å².